The molecule has 1 N–H and O–H groups in total. The summed E-state index contributed by atoms with van der Waals surface area (Å²) < 4.78 is 0. The summed E-state index contributed by atoms with van der Waals surface area (Å²) in [6, 6.07) is 1.62. The zero-order valence-corrected chi connectivity index (χ0v) is 8.10. The van der Waals surface area contributed by atoms with Crippen LogP contribution in [0, 0.1) is 0 Å². The quantitative estimate of drug-likeness (QED) is 0.510. The van der Waals surface area contributed by atoms with Crippen LogP contribution in [0.4, 0.5) is 0 Å². The predicted molar refractivity (Wildman–Crippen MR) is 54.7 cm³/mol. The van der Waals surface area contributed by atoms with E-state index in [2.05, 4.69) is 27.6 Å². The van der Waals surface area contributed by atoms with E-state index in [4.69, 9.17) is 0 Å². The Bertz CT molecular complexity index is 484. The smallest absolute Gasteiger partial charge is 0.259 e. The van der Waals surface area contributed by atoms with Crippen molar-refractivity contribution in [3.05, 3.63) is 28.8 Å². The van der Waals surface area contributed by atoms with E-state index in [9.17, 15) is 4.79 Å². The van der Waals surface area contributed by atoms with Gasteiger partial charge in [0.15, 0.2) is 5.16 Å². The normalized spacial score (nSPS) is 9.62. The van der Waals surface area contributed by atoms with Gasteiger partial charge in [-0.2, -0.15) is 0 Å². The zero-order chi connectivity index (χ0) is 8.55. The molecular formula is C7H6ClN3OS. The average Bonchev–Trinajstić information content (AvgIpc) is 2.04. The summed E-state index contributed by atoms with van der Waals surface area (Å²) in [6.07, 6.45) is 3.09. The first-order chi connectivity index (χ1) is 5.77. The number of H-pyrrole nitrogens is 1. The van der Waals surface area contributed by atoms with Crippen LogP contribution in [0.1, 0.15) is 0 Å². The first kappa shape index (κ1) is 10.0. The molecule has 0 aliphatic rings. The van der Waals surface area contributed by atoms with Crippen molar-refractivity contribution in [2.24, 2.45) is 0 Å². The standard InChI is InChI=1S/C7H5N3OS.ClH/c11-6-4-1-2-8-3-5(4)9-7(12)10-6;/h1-3H,(H2,9,10,11,12);1H. The maximum absolute atomic E-state index is 11.2. The lowest BCUT2D eigenvalue weighted by molar-refractivity contribution is 0.978. The van der Waals surface area contributed by atoms with Gasteiger partial charge >= 0.3 is 0 Å². The number of rotatable bonds is 0. The minimum Gasteiger partial charge on any atom is -0.301 e. The second kappa shape index (κ2) is 3.76. The van der Waals surface area contributed by atoms with Crippen LogP contribution in [0.25, 0.3) is 10.9 Å². The molecule has 4 nitrogen and oxygen atoms in total. The molecule has 2 aromatic rings. The Morgan fingerprint density at radius 2 is 2.23 bits per heavy atom. The van der Waals surface area contributed by atoms with Gasteiger partial charge in [0.05, 0.1) is 17.1 Å². The number of halogens is 1. The third kappa shape index (κ3) is 1.81. The highest BCUT2D eigenvalue weighted by Gasteiger charge is 1.99. The van der Waals surface area contributed by atoms with E-state index in [0.29, 0.717) is 16.1 Å². The van der Waals surface area contributed by atoms with E-state index in [1.54, 1.807) is 12.3 Å². The van der Waals surface area contributed by atoms with Crippen molar-refractivity contribution in [1.29, 1.82) is 0 Å². The average molecular weight is 216 g/mol. The summed E-state index contributed by atoms with van der Waals surface area (Å²) in [4.78, 5) is 21.5. The number of nitrogens with zero attached hydrogens (tertiary/aromatic N) is 2. The molecule has 0 saturated heterocycles. The van der Waals surface area contributed by atoms with Gasteiger partial charge in [0, 0.05) is 6.20 Å². The predicted octanol–water partition coefficient (Wildman–Crippen LogP) is 1.03. The number of fused-ring (bicyclic) bond motifs is 1. The van der Waals surface area contributed by atoms with E-state index in [-0.39, 0.29) is 18.0 Å². The molecule has 68 valence electrons. The fourth-order valence-electron chi connectivity index (χ4n) is 0.978. The van der Waals surface area contributed by atoms with Crippen molar-refractivity contribution in [3.63, 3.8) is 0 Å². The van der Waals surface area contributed by atoms with Crippen molar-refractivity contribution in [2.45, 2.75) is 5.16 Å². The van der Waals surface area contributed by atoms with Crippen LogP contribution in [0.2, 0.25) is 0 Å². The molecule has 6 heteroatoms. The highest BCUT2D eigenvalue weighted by molar-refractivity contribution is 7.80. The van der Waals surface area contributed by atoms with Gasteiger partial charge in [0.2, 0.25) is 0 Å². The molecule has 0 aromatic carbocycles. The summed E-state index contributed by atoms with van der Waals surface area (Å²) in [5.41, 5.74) is 0.374. The Morgan fingerprint density at radius 1 is 1.46 bits per heavy atom. The molecule has 13 heavy (non-hydrogen) atoms. The van der Waals surface area contributed by atoms with Gasteiger partial charge in [-0.05, 0) is 6.07 Å². The van der Waals surface area contributed by atoms with Crippen LogP contribution >= 0.6 is 25.0 Å². The zero-order valence-electron chi connectivity index (χ0n) is 6.39. The van der Waals surface area contributed by atoms with E-state index in [1.807, 2.05) is 0 Å². The lowest BCUT2D eigenvalue weighted by Crippen LogP contribution is -2.08. The third-order valence-electron chi connectivity index (χ3n) is 1.50. The summed E-state index contributed by atoms with van der Waals surface area (Å²) in [5.74, 6) is 0. The van der Waals surface area contributed by atoms with Gasteiger partial charge in [-0.3, -0.25) is 9.78 Å². The number of aromatic nitrogens is 3. The largest absolute Gasteiger partial charge is 0.301 e. The summed E-state index contributed by atoms with van der Waals surface area (Å²) in [6.45, 7) is 0. The van der Waals surface area contributed by atoms with Crippen molar-refractivity contribution in [1.82, 2.24) is 15.0 Å². The molecule has 0 spiro atoms. The van der Waals surface area contributed by atoms with Crippen LogP contribution < -0.4 is 5.56 Å². The molecular weight excluding hydrogens is 210 g/mol. The number of hydrogen-bond donors (Lipinski definition) is 2. The number of hydrogen-bond acceptors (Lipinski definition) is 4. The number of nitrogens with one attached hydrogen (secondary N) is 1. The molecule has 0 fully saturated rings. The first-order valence-corrected chi connectivity index (χ1v) is 3.75. The Labute approximate surface area is 85.2 Å². The number of thiol groups is 1. The van der Waals surface area contributed by atoms with E-state index >= 15 is 0 Å². The summed E-state index contributed by atoms with van der Waals surface area (Å²) in [5, 5.41) is 0.836. The summed E-state index contributed by atoms with van der Waals surface area (Å²) in [7, 11) is 0. The maximum Gasteiger partial charge on any atom is 0.259 e. The lowest BCUT2D eigenvalue weighted by Gasteiger charge is -1.94. The Morgan fingerprint density at radius 3 is 3.00 bits per heavy atom. The first-order valence-electron chi connectivity index (χ1n) is 3.30. The minimum atomic E-state index is -0.188. The maximum atomic E-state index is 11.2. The second-order valence-electron chi connectivity index (χ2n) is 2.28. The molecule has 0 unspecified atom stereocenters. The van der Waals surface area contributed by atoms with Crippen LogP contribution in [0.15, 0.2) is 28.4 Å². The molecule has 0 aliphatic heterocycles. The van der Waals surface area contributed by atoms with Crippen molar-refractivity contribution in [3.8, 4) is 0 Å². The van der Waals surface area contributed by atoms with Crippen molar-refractivity contribution >= 4 is 35.9 Å². The summed E-state index contributed by atoms with van der Waals surface area (Å²) >= 11 is 3.94. The van der Waals surface area contributed by atoms with E-state index in [0.717, 1.165) is 0 Å². The van der Waals surface area contributed by atoms with E-state index in [1.165, 1.54) is 6.20 Å². The monoisotopic (exact) mass is 215 g/mol. The van der Waals surface area contributed by atoms with Crippen LogP contribution in [0.3, 0.4) is 0 Å². The topological polar surface area (TPSA) is 58.6 Å². The number of pyridine rings is 1. The number of aromatic amines is 1. The Kier molecular flexibility index (Phi) is 2.90. The highest BCUT2D eigenvalue weighted by atomic mass is 35.5. The Balaban J connectivity index is 0.000000845. The van der Waals surface area contributed by atoms with Crippen LogP contribution in [-0.4, -0.2) is 15.0 Å². The van der Waals surface area contributed by atoms with Gasteiger partial charge in [-0.25, -0.2) is 4.98 Å². The van der Waals surface area contributed by atoms with Crippen molar-refractivity contribution in [2.75, 3.05) is 0 Å². The van der Waals surface area contributed by atoms with Gasteiger partial charge in [-0.1, -0.05) is 0 Å². The van der Waals surface area contributed by atoms with Crippen LogP contribution in [-0.2, 0) is 0 Å². The van der Waals surface area contributed by atoms with Crippen molar-refractivity contribution < 1.29 is 0 Å². The Hall–Kier alpha value is -1.07. The SMILES string of the molecule is Cl.O=c1[nH]c(S)nc2cnccc12. The molecule has 2 rings (SSSR count). The van der Waals surface area contributed by atoms with Gasteiger partial charge in [0.25, 0.3) is 5.56 Å². The fraction of sp³-hybridized carbons (Fsp3) is 0. The third-order valence-corrected chi connectivity index (χ3v) is 1.71. The fourth-order valence-corrected chi connectivity index (χ4v) is 1.19. The van der Waals surface area contributed by atoms with E-state index < -0.39 is 0 Å². The molecule has 0 radical (unpaired) electrons. The molecule has 2 heterocycles. The molecule has 0 saturated carbocycles. The molecule has 0 amide bonds. The minimum absolute atomic E-state index is 0. The second-order valence-corrected chi connectivity index (χ2v) is 2.71. The highest BCUT2D eigenvalue weighted by Crippen LogP contribution is 2.04. The molecule has 0 bridgehead atoms. The van der Waals surface area contributed by atoms with Gasteiger partial charge in [-0.15, -0.1) is 25.0 Å². The molecule has 0 atom stereocenters. The lowest BCUT2D eigenvalue weighted by atomic mass is 10.3. The molecule has 2 aromatic heterocycles. The van der Waals surface area contributed by atoms with Gasteiger partial charge < -0.3 is 4.98 Å². The van der Waals surface area contributed by atoms with Gasteiger partial charge in [0.1, 0.15) is 0 Å². The molecule has 0 aliphatic carbocycles. The van der Waals surface area contributed by atoms with Crippen LogP contribution in [0.5, 0.6) is 0 Å².